The maximum absolute atomic E-state index is 13.6. The Labute approximate surface area is 148 Å². The summed E-state index contributed by atoms with van der Waals surface area (Å²) >= 11 is 1.47. The minimum atomic E-state index is -1.22. The highest BCUT2D eigenvalue weighted by molar-refractivity contribution is 7.99. The fourth-order valence-corrected chi connectivity index (χ4v) is 2.83. The standard InChI is InChI=1S/C18H17F2NO3S/c1-3-25-15-10-5-4-7-12(15)18(23)24-11(2)17(22)21-16-13(19)8-6-9-14(16)20/h4-11H,3H2,1-2H3,(H,21,22)/t11-/m0/s1. The highest BCUT2D eigenvalue weighted by Crippen LogP contribution is 2.23. The van der Waals surface area contributed by atoms with E-state index in [1.807, 2.05) is 6.92 Å². The molecule has 0 aromatic heterocycles. The maximum atomic E-state index is 13.6. The first-order chi connectivity index (χ1) is 11.9. The Morgan fingerprint density at radius 3 is 2.40 bits per heavy atom. The minimum Gasteiger partial charge on any atom is -0.449 e. The third-order valence-electron chi connectivity index (χ3n) is 3.27. The number of hydrogen-bond donors (Lipinski definition) is 1. The van der Waals surface area contributed by atoms with Gasteiger partial charge in [0.25, 0.3) is 5.91 Å². The lowest BCUT2D eigenvalue weighted by Crippen LogP contribution is -2.30. The Morgan fingerprint density at radius 1 is 1.12 bits per heavy atom. The summed E-state index contributed by atoms with van der Waals surface area (Å²) in [4.78, 5) is 25.1. The van der Waals surface area contributed by atoms with Gasteiger partial charge in [-0.3, -0.25) is 4.79 Å². The number of para-hydroxylation sites is 1. The number of halogens is 2. The number of carbonyl (C=O) groups is 2. The lowest BCUT2D eigenvalue weighted by molar-refractivity contribution is -0.123. The monoisotopic (exact) mass is 365 g/mol. The molecule has 2 rings (SSSR count). The third kappa shape index (κ3) is 4.79. The van der Waals surface area contributed by atoms with Crippen molar-refractivity contribution in [3.8, 4) is 0 Å². The number of carbonyl (C=O) groups excluding carboxylic acids is 2. The summed E-state index contributed by atoms with van der Waals surface area (Å²) in [6.45, 7) is 3.29. The van der Waals surface area contributed by atoms with E-state index in [1.165, 1.54) is 24.8 Å². The molecule has 0 aliphatic carbocycles. The number of rotatable bonds is 6. The van der Waals surface area contributed by atoms with Crippen LogP contribution < -0.4 is 5.32 Å². The van der Waals surface area contributed by atoms with Gasteiger partial charge >= 0.3 is 5.97 Å². The lowest BCUT2D eigenvalue weighted by Gasteiger charge is -2.15. The van der Waals surface area contributed by atoms with Crippen molar-refractivity contribution in [1.29, 1.82) is 0 Å². The van der Waals surface area contributed by atoms with Crippen LogP contribution in [0.5, 0.6) is 0 Å². The van der Waals surface area contributed by atoms with E-state index < -0.39 is 35.3 Å². The minimum absolute atomic E-state index is 0.339. The first kappa shape index (κ1) is 18.9. The van der Waals surface area contributed by atoms with Gasteiger partial charge in [-0.1, -0.05) is 25.1 Å². The van der Waals surface area contributed by atoms with Gasteiger partial charge < -0.3 is 10.1 Å². The van der Waals surface area contributed by atoms with Crippen molar-refractivity contribution >= 4 is 29.3 Å². The van der Waals surface area contributed by atoms with E-state index in [1.54, 1.807) is 24.3 Å². The molecule has 0 saturated heterocycles. The Hall–Kier alpha value is -2.41. The number of ether oxygens (including phenoxy) is 1. The molecular weight excluding hydrogens is 348 g/mol. The summed E-state index contributed by atoms with van der Waals surface area (Å²) in [5.74, 6) is -2.54. The summed E-state index contributed by atoms with van der Waals surface area (Å²) < 4.78 is 32.3. The largest absolute Gasteiger partial charge is 0.449 e. The second-order valence-electron chi connectivity index (χ2n) is 5.06. The second-order valence-corrected chi connectivity index (χ2v) is 6.37. The predicted molar refractivity (Wildman–Crippen MR) is 92.7 cm³/mol. The van der Waals surface area contributed by atoms with Gasteiger partial charge in [0, 0.05) is 4.90 Å². The van der Waals surface area contributed by atoms with Crippen LogP contribution in [0.25, 0.3) is 0 Å². The molecule has 0 heterocycles. The van der Waals surface area contributed by atoms with Crippen LogP contribution in [0.15, 0.2) is 47.4 Å². The van der Waals surface area contributed by atoms with E-state index in [9.17, 15) is 18.4 Å². The molecule has 2 aromatic rings. The number of anilines is 1. The predicted octanol–water partition coefficient (Wildman–Crippen LogP) is 4.26. The highest BCUT2D eigenvalue weighted by atomic mass is 32.2. The topological polar surface area (TPSA) is 55.4 Å². The Morgan fingerprint density at radius 2 is 1.76 bits per heavy atom. The van der Waals surface area contributed by atoms with Gasteiger partial charge in [0.05, 0.1) is 5.56 Å². The molecular formula is C18H17F2NO3S. The molecule has 25 heavy (non-hydrogen) atoms. The number of thioether (sulfide) groups is 1. The summed E-state index contributed by atoms with van der Waals surface area (Å²) in [5, 5.41) is 2.10. The van der Waals surface area contributed by atoms with Gasteiger partial charge in [0.2, 0.25) is 0 Å². The number of nitrogens with one attached hydrogen (secondary N) is 1. The van der Waals surface area contributed by atoms with Crippen molar-refractivity contribution in [3.05, 3.63) is 59.7 Å². The molecule has 0 spiro atoms. The van der Waals surface area contributed by atoms with Crippen molar-refractivity contribution in [2.24, 2.45) is 0 Å². The molecule has 1 atom stereocenters. The zero-order chi connectivity index (χ0) is 18.4. The first-order valence-corrected chi connectivity index (χ1v) is 8.60. The first-order valence-electron chi connectivity index (χ1n) is 7.61. The molecule has 1 amide bonds. The quantitative estimate of drug-likeness (QED) is 0.614. The smallest absolute Gasteiger partial charge is 0.340 e. The number of benzene rings is 2. The molecule has 4 nitrogen and oxygen atoms in total. The maximum Gasteiger partial charge on any atom is 0.340 e. The zero-order valence-electron chi connectivity index (χ0n) is 13.7. The summed E-state index contributed by atoms with van der Waals surface area (Å²) in [6.07, 6.45) is -1.22. The number of hydrogen-bond acceptors (Lipinski definition) is 4. The number of esters is 1. The normalized spacial score (nSPS) is 11.7. The van der Waals surface area contributed by atoms with Crippen LogP contribution in [0.2, 0.25) is 0 Å². The van der Waals surface area contributed by atoms with E-state index >= 15 is 0 Å². The fraction of sp³-hybridized carbons (Fsp3) is 0.222. The summed E-state index contributed by atoms with van der Waals surface area (Å²) in [6, 6.07) is 10.1. The lowest BCUT2D eigenvalue weighted by atomic mass is 10.2. The van der Waals surface area contributed by atoms with Crippen molar-refractivity contribution in [2.45, 2.75) is 24.8 Å². The molecule has 0 unspecified atom stereocenters. The van der Waals surface area contributed by atoms with E-state index in [0.717, 1.165) is 22.8 Å². The van der Waals surface area contributed by atoms with Crippen LogP contribution in [0.1, 0.15) is 24.2 Å². The van der Waals surface area contributed by atoms with Crippen molar-refractivity contribution in [3.63, 3.8) is 0 Å². The van der Waals surface area contributed by atoms with Gasteiger partial charge in [0.1, 0.15) is 17.3 Å². The zero-order valence-corrected chi connectivity index (χ0v) is 14.5. The van der Waals surface area contributed by atoms with E-state index in [0.29, 0.717) is 5.56 Å². The molecule has 0 bridgehead atoms. The molecule has 7 heteroatoms. The van der Waals surface area contributed by atoms with Gasteiger partial charge in [-0.05, 0) is 36.9 Å². The fourth-order valence-electron chi connectivity index (χ4n) is 2.04. The molecule has 0 aliphatic rings. The van der Waals surface area contributed by atoms with Crippen LogP contribution in [0.4, 0.5) is 14.5 Å². The van der Waals surface area contributed by atoms with E-state index in [-0.39, 0.29) is 0 Å². The molecule has 132 valence electrons. The van der Waals surface area contributed by atoms with Crippen molar-refractivity contribution < 1.29 is 23.1 Å². The SMILES string of the molecule is CCSc1ccccc1C(=O)O[C@@H](C)C(=O)Nc1c(F)cccc1F. The second kappa shape index (κ2) is 8.62. The Bertz CT molecular complexity index is 762. The highest BCUT2D eigenvalue weighted by Gasteiger charge is 2.22. The average molecular weight is 365 g/mol. The average Bonchev–Trinajstić information content (AvgIpc) is 2.58. The third-order valence-corrected chi connectivity index (χ3v) is 4.23. The van der Waals surface area contributed by atoms with Crippen LogP contribution in [0, 0.1) is 11.6 Å². The molecule has 0 radical (unpaired) electrons. The summed E-state index contributed by atoms with van der Waals surface area (Å²) in [5.41, 5.74) is -0.233. The van der Waals surface area contributed by atoms with E-state index in [2.05, 4.69) is 5.32 Å². The Balaban J connectivity index is 2.07. The van der Waals surface area contributed by atoms with Crippen LogP contribution in [0.3, 0.4) is 0 Å². The number of amides is 1. The van der Waals surface area contributed by atoms with E-state index in [4.69, 9.17) is 4.74 Å². The van der Waals surface area contributed by atoms with Crippen LogP contribution >= 0.6 is 11.8 Å². The van der Waals surface area contributed by atoms with Crippen LogP contribution in [-0.2, 0) is 9.53 Å². The van der Waals surface area contributed by atoms with Crippen molar-refractivity contribution in [2.75, 3.05) is 11.1 Å². The molecule has 0 aliphatic heterocycles. The summed E-state index contributed by atoms with van der Waals surface area (Å²) in [7, 11) is 0. The van der Waals surface area contributed by atoms with Crippen molar-refractivity contribution in [1.82, 2.24) is 0 Å². The molecule has 0 fully saturated rings. The molecule has 1 N–H and O–H groups in total. The molecule has 2 aromatic carbocycles. The molecule has 0 saturated carbocycles. The van der Waals surface area contributed by atoms with Crippen LogP contribution in [-0.4, -0.2) is 23.7 Å². The Kier molecular flexibility index (Phi) is 6.52. The van der Waals surface area contributed by atoms with Gasteiger partial charge in [-0.25, -0.2) is 13.6 Å². The van der Waals surface area contributed by atoms with Gasteiger partial charge in [-0.2, -0.15) is 0 Å². The van der Waals surface area contributed by atoms with Gasteiger partial charge in [0.15, 0.2) is 6.10 Å². The van der Waals surface area contributed by atoms with Gasteiger partial charge in [-0.15, -0.1) is 11.8 Å².